The number of pyridine rings is 1. The summed E-state index contributed by atoms with van der Waals surface area (Å²) in [6.07, 6.45) is 9.78. The zero-order chi connectivity index (χ0) is 21.6. The third-order valence-electron chi connectivity index (χ3n) is 6.28. The van der Waals surface area contributed by atoms with Crippen LogP contribution in [0.4, 0.5) is 0 Å². The van der Waals surface area contributed by atoms with Gasteiger partial charge in [-0.3, -0.25) is 9.78 Å². The number of aromatic nitrogens is 2. The molecule has 31 heavy (non-hydrogen) atoms. The molecule has 3 heterocycles. The molecular formula is C25H29N5O. The van der Waals surface area contributed by atoms with Crippen molar-refractivity contribution in [2.75, 3.05) is 13.1 Å². The van der Waals surface area contributed by atoms with Gasteiger partial charge in [-0.05, 0) is 66.5 Å². The highest BCUT2D eigenvalue weighted by atomic mass is 16.2. The van der Waals surface area contributed by atoms with E-state index >= 15 is 0 Å². The van der Waals surface area contributed by atoms with Crippen molar-refractivity contribution in [1.29, 1.82) is 10.8 Å². The van der Waals surface area contributed by atoms with E-state index in [1.807, 2.05) is 29.2 Å². The van der Waals surface area contributed by atoms with Gasteiger partial charge in [0.1, 0.15) is 0 Å². The Kier molecular flexibility index (Phi) is 6.55. The van der Waals surface area contributed by atoms with Crippen molar-refractivity contribution < 1.29 is 4.79 Å². The Balaban J connectivity index is 1.31. The molecule has 0 atom stereocenters. The largest absolute Gasteiger partial charge is 0.347 e. The van der Waals surface area contributed by atoms with Crippen molar-refractivity contribution in [2.45, 2.75) is 38.1 Å². The minimum absolute atomic E-state index is 0.231. The van der Waals surface area contributed by atoms with Crippen molar-refractivity contribution in [3.05, 3.63) is 66.1 Å². The van der Waals surface area contributed by atoms with Crippen molar-refractivity contribution in [2.24, 2.45) is 5.92 Å². The summed E-state index contributed by atoms with van der Waals surface area (Å²) >= 11 is 0. The summed E-state index contributed by atoms with van der Waals surface area (Å²) in [6, 6.07) is 14.1. The molecule has 0 aliphatic carbocycles. The number of benzene rings is 1. The molecule has 0 spiro atoms. The molecule has 0 unspecified atom stereocenters. The van der Waals surface area contributed by atoms with E-state index in [0.717, 1.165) is 49.1 Å². The van der Waals surface area contributed by atoms with Gasteiger partial charge in [0.05, 0.1) is 5.92 Å². The molecule has 1 amide bonds. The van der Waals surface area contributed by atoms with Crippen LogP contribution in [0.25, 0.3) is 10.9 Å². The number of hydrogen-bond acceptors (Lipinski definition) is 4. The molecule has 3 aromatic rings. The van der Waals surface area contributed by atoms with Gasteiger partial charge in [-0.1, -0.05) is 12.1 Å². The van der Waals surface area contributed by atoms with Gasteiger partial charge < -0.3 is 20.3 Å². The van der Waals surface area contributed by atoms with Crippen LogP contribution < -0.4 is 0 Å². The smallest absolute Gasteiger partial charge is 0.222 e. The summed E-state index contributed by atoms with van der Waals surface area (Å²) in [5, 5.41) is 16.1. The fourth-order valence-electron chi connectivity index (χ4n) is 4.41. The highest BCUT2D eigenvalue weighted by molar-refractivity contribution is 5.90. The topological polar surface area (TPSA) is 85.8 Å². The number of carbonyl (C=O) groups is 1. The summed E-state index contributed by atoms with van der Waals surface area (Å²) in [7, 11) is 0. The number of amides is 1. The van der Waals surface area contributed by atoms with Crippen molar-refractivity contribution in [1.82, 2.24) is 14.5 Å². The Morgan fingerprint density at radius 2 is 1.94 bits per heavy atom. The van der Waals surface area contributed by atoms with Crippen LogP contribution in [0.2, 0.25) is 0 Å². The fourth-order valence-corrected chi connectivity index (χ4v) is 4.41. The third-order valence-corrected chi connectivity index (χ3v) is 6.28. The molecule has 0 bridgehead atoms. The van der Waals surface area contributed by atoms with Crippen molar-refractivity contribution in [3.8, 4) is 0 Å². The number of nitrogens with one attached hydrogen (secondary N) is 2. The number of likely N-dealkylation sites (tertiary alicyclic amines) is 1. The van der Waals surface area contributed by atoms with E-state index < -0.39 is 0 Å². The lowest BCUT2D eigenvalue weighted by Gasteiger charge is -2.32. The molecule has 2 N–H and O–H groups in total. The predicted octanol–water partition coefficient (Wildman–Crippen LogP) is 4.29. The molecule has 1 aliphatic rings. The zero-order valence-electron chi connectivity index (χ0n) is 17.7. The Morgan fingerprint density at radius 3 is 2.65 bits per heavy atom. The average molecular weight is 416 g/mol. The monoisotopic (exact) mass is 415 g/mol. The maximum absolute atomic E-state index is 12.6. The molecule has 6 nitrogen and oxygen atoms in total. The number of piperidine rings is 1. The average Bonchev–Trinajstić information content (AvgIpc) is 3.21. The Bertz CT molecular complexity index is 1040. The van der Waals surface area contributed by atoms with E-state index in [2.05, 4.69) is 33.9 Å². The van der Waals surface area contributed by atoms with Crippen LogP contribution in [-0.2, 0) is 17.8 Å². The second-order valence-corrected chi connectivity index (χ2v) is 8.29. The molecule has 2 aromatic heterocycles. The maximum Gasteiger partial charge on any atom is 0.222 e. The molecule has 0 saturated carbocycles. The van der Waals surface area contributed by atoms with E-state index in [-0.39, 0.29) is 11.8 Å². The fraction of sp³-hybridized carbons (Fsp3) is 0.360. The molecule has 4 rings (SSSR count). The van der Waals surface area contributed by atoms with E-state index in [0.29, 0.717) is 18.8 Å². The van der Waals surface area contributed by atoms with Crippen LogP contribution in [0.1, 0.15) is 36.4 Å². The Hall–Kier alpha value is -3.28. The number of fused-ring (bicyclic) bond motifs is 1. The maximum atomic E-state index is 12.6. The van der Waals surface area contributed by atoms with Gasteiger partial charge in [0.2, 0.25) is 5.91 Å². The first-order chi connectivity index (χ1) is 15.2. The highest BCUT2D eigenvalue weighted by Gasteiger charge is 2.23. The summed E-state index contributed by atoms with van der Waals surface area (Å²) in [5.74, 6) is 0.535. The second kappa shape index (κ2) is 9.69. The van der Waals surface area contributed by atoms with Crippen LogP contribution in [-0.4, -0.2) is 45.9 Å². The SMILES string of the molecule is N=CC(C=N)c1ccc2c(ccn2CC2CCN(C(=O)CCc3ccccn3)CC2)c1. The van der Waals surface area contributed by atoms with Gasteiger partial charge in [0, 0.05) is 62.1 Å². The Labute approximate surface area is 182 Å². The van der Waals surface area contributed by atoms with Crippen LogP contribution in [0.3, 0.4) is 0 Å². The summed E-state index contributed by atoms with van der Waals surface area (Å²) in [5.41, 5.74) is 3.14. The standard InChI is InChI=1S/C25H29N5O/c26-16-22(17-27)20-4-6-24-21(15-20)10-14-30(24)18-19-8-12-29(13-9-19)25(31)7-5-23-3-1-2-11-28-23/h1-4,6,10-11,14-17,19,22,26-27H,5,7-9,12-13,18H2. The number of carbonyl (C=O) groups excluding carboxylic acids is 1. The Morgan fingerprint density at radius 1 is 1.13 bits per heavy atom. The first kappa shape index (κ1) is 21.0. The van der Waals surface area contributed by atoms with E-state index in [9.17, 15) is 4.79 Å². The highest BCUT2D eigenvalue weighted by Crippen LogP contribution is 2.25. The molecule has 160 valence electrons. The molecule has 1 fully saturated rings. The first-order valence-corrected chi connectivity index (χ1v) is 11.0. The van der Waals surface area contributed by atoms with Gasteiger partial charge in [-0.15, -0.1) is 0 Å². The van der Waals surface area contributed by atoms with Crippen molar-refractivity contribution >= 4 is 29.2 Å². The molecule has 6 heteroatoms. The van der Waals surface area contributed by atoms with Gasteiger partial charge in [0.25, 0.3) is 0 Å². The minimum atomic E-state index is -0.257. The molecule has 1 aliphatic heterocycles. The summed E-state index contributed by atoms with van der Waals surface area (Å²) in [4.78, 5) is 18.9. The molecule has 0 radical (unpaired) electrons. The molecule has 1 aromatic carbocycles. The number of hydrogen-bond donors (Lipinski definition) is 2. The molecule has 1 saturated heterocycles. The van der Waals surface area contributed by atoms with Crippen LogP contribution in [0.15, 0.2) is 54.9 Å². The van der Waals surface area contributed by atoms with E-state index in [1.165, 1.54) is 17.9 Å². The number of rotatable bonds is 8. The third kappa shape index (κ3) is 4.90. The first-order valence-electron chi connectivity index (χ1n) is 11.0. The van der Waals surface area contributed by atoms with E-state index in [4.69, 9.17) is 10.8 Å². The minimum Gasteiger partial charge on any atom is -0.347 e. The number of nitrogens with zero attached hydrogens (tertiary/aromatic N) is 3. The zero-order valence-corrected chi connectivity index (χ0v) is 17.7. The van der Waals surface area contributed by atoms with Crippen molar-refractivity contribution in [3.63, 3.8) is 0 Å². The van der Waals surface area contributed by atoms with Crippen LogP contribution in [0.5, 0.6) is 0 Å². The van der Waals surface area contributed by atoms with Gasteiger partial charge in [-0.2, -0.15) is 0 Å². The van der Waals surface area contributed by atoms with Gasteiger partial charge >= 0.3 is 0 Å². The summed E-state index contributed by atoms with van der Waals surface area (Å²) < 4.78 is 2.30. The lowest BCUT2D eigenvalue weighted by molar-refractivity contribution is -0.132. The lowest BCUT2D eigenvalue weighted by atomic mass is 9.96. The predicted molar refractivity (Wildman–Crippen MR) is 124 cm³/mol. The summed E-state index contributed by atoms with van der Waals surface area (Å²) in [6.45, 7) is 2.61. The second-order valence-electron chi connectivity index (χ2n) is 8.29. The van der Waals surface area contributed by atoms with Crippen LogP contribution >= 0.6 is 0 Å². The normalized spacial score (nSPS) is 15.7. The van der Waals surface area contributed by atoms with Crippen LogP contribution in [0, 0.1) is 16.7 Å². The number of aryl methyl sites for hydroxylation is 1. The molecular weight excluding hydrogens is 386 g/mol. The van der Waals surface area contributed by atoms with E-state index in [1.54, 1.807) is 6.20 Å². The van der Waals surface area contributed by atoms with Gasteiger partial charge in [-0.25, -0.2) is 0 Å². The quantitative estimate of drug-likeness (QED) is 0.538. The van der Waals surface area contributed by atoms with Gasteiger partial charge in [0.15, 0.2) is 0 Å². The lowest BCUT2D eigenvalue weighted by Crippen LogP contribution is -2.39.